The lowest BCUT2D eigenvalue weighted by atomic mass is 9.82. The summed E-state index contributed by atoms with van der Waals surface area (Å²) in [7, 11) is 0. The first kappa shape index (κ1) is 17.6. The number of aliphatic hydroxyl groups is 1. The van der Waals surface area contributed by atoms with Crippen LogP contribution < -0.4 is 5.32 Å². The number of benzene rings is 1. The molecule has 132 valence electrons. The van der Waals surface area contributed by atoms with E-state index >= 15 is 0 Å². The monoisotopic (exact) mass is 350 g/mol. The smallest absolute Gasteiger partial charge is 0.317 e. The van der Waals surface area contributed by atoms with Crippen LogP contribution in [-0.2, 0) is 6.54 Å². The second-order valence-corrected chi connectivity index (χ2v) is 7.61. The van der Waals surface area contributed by atoms with Crippen LogP contribution in [-0.4, -0.2) is 35.2 Å². The Labute approximate surface area is 149 Å². The summed E-state index contributed by atoms with van der Waals surface area (Å²) >= 11 is 6.25. The minimum absolute atomic E-state index is 0.0294. The third-order valence-corrected chi connectivity index (χ3v) is 5.68. The Hall–Kier alpha value is -1.26. The van der Waals surface area contributed by atoms with Crippen LogP contribution in [0.1, 0.15) is 44.1 Å². The predicted molar refractivity (Wildman–Crippen MR) is 95.9 cm³/mol. The SMILES string of the molecule is O=C(NCC1CCC(CO)CC1)N(Cc1ccccc1Cl)C1CC1. The average Bonchev–Trinajstić information content (AvgIpc) is 3.44. The molecule has 0 radical (unpaired) electrons. The van der Waals surface area contributed by atoms with E-state index in [0.717, 1.165) is 55.7 Å². The Kier molecular flexibility index (Phi) is 6.01. The highest BCUT2D eigenvalue weighted by Gasteiger charge is 2.33. The van der Waals surface area contributed by atoms with Crippen LogP contribution in [0, 0.1) is 11.8 Å². The Bertz CT molecular complexity index is 554. The van der Waals surface area contributed by atoms with Crippen LogP contribution in [0.3, 0.4) is 0 Å². The number of halogens is 1. The van der Waals surface area contributed by atoms with E-state index in [-0.39, 0.29) is 6.03 Å². The summed E-state index contributed by atoms with van der Waals surface area (Å²) in [6, 6.07) is 8.12. The quantitative estimate of drug-likeness (QED) is 0.819. The summed E-state index contributed by atoms with van der Waals surface area (Å²) in [4.78, 5) is 14.6. The van der Waals surface area contributed by atoms with Gasteiger partial charge in [-0.15, -0.1) is 0 Å². The number of amides is 2. The van der Waals surface area contributed by atoms with E-state index in [1.807, 2.05) is 29.2 Å². The van der Waals surface area contributed by atoms with E-state index in [0.29, 0.717) is 31.0 Å². The van der Waals surface area contributed by atoms with Crippen molar-refractivity contribution in [3.05, 3.63) is 34.9 Å². The maximum Gasteiger partial charge on any atom is 0.317 e. The minimum Gasteiger partial charge on any atom is -0.396 e. The molecule has 2 aliphatic rings. The van der Waals surface area contributed by atoms with Crippen molar-refractivity contribution in [1.82, 2.24) is 10.2 Å². The van der Waals surface area contributed by atoms with Crippen molar-refractivity contribution in [1.29, 1.82) is 0 Å². The van der Waals surface area contributed by atoms with E-state index in [9.17, 15) is 9.90 Å². The first-order valence-corrected chi connectivity index (χ1v) is 9.44. The molecule has 0 atom stereocenters. The number of rotatable bonds is 6. The Morgan fingerprint density at radius 2 is 1.79 bits per heavy atom. The fourth-order valence-electron chi connectivity index (χ4n) is 3.51. The molecule has 0 spiro atoms. The Morgan fingerprint density at radius 1 is 1.12 bits per heavy atom. The van der Waals surface area contributed by atoms with Crippen molar-refractivity contribution in [3.8, 4) is 0 Å². The molecule has 0 bridgehead atoms. The molecule has 2 N–H and O–H groups in total. The van der Waals surface area contributed by atoms with Gasteiger partial charge in [-0.2, -0.15) is 0 Å². The number of aliphatic hydroxyl groups excluding tert-OH is 1. The fourth-order valence-corrected chi connectivity index (χ4v) is 3.71. The van der Waals surface area contributed by atoms with Crippen LogP contribution >= 0.6 is 11.6 Å². The molecule has 5 heteroatoms. The van der Waals surface area contributed by atoms with Gasteiger partial charge in [-0.3, -0.25) is 0 Å². The topological polar surface area (TPSA) is 52.6 Å². The van der Waals surface area contributed by atoms with E-state index in [2.05, 4.69) is 5.32 Å². The molecule has 0 aliphatic heterocycles. The summed E-state index contributed by atoms with van der Waals surface area (Å²) < 4.78 is 0. The highest BCUT2D eigenvalue weighted by atomic mass is 35.5. The molecular formula is C19H27ClN2O2. The normalized spacial score (nSPS) is 23.8. The zero-order chi connectivity index (χ0) is 16.9. The first-order valence-electron chi connectivity index (χ1n) is 9.06. The predicted octanol–water partition coefficient (Wildman–Crippen LogP) is 3.81. The second kappa shape index (κ2) is 8.21. The van der Waals surface area contributed by atoms with Gasteiger partial charge in [0.15, 0.2) is 0 Å². The molecular weight excluding hydrogens is 324 g/mol. The van der Waals surface area contributed by atoms with Crippen molar-refractivity contribution in [3.63, 3.8) is 0 Å². The molecule has 2 saturated carbocycles. The van der Waals surface area contributed by atoms with Gasteiger partial charge in [0.2, 0.25) is 0 Å². The largest absolute Gasteiger partial charge is 0.396 e. The van der Waals surface area contributed by atoms with Gasteiger partial charge < -0.3 is 15.3 Å². The van der Waals surface area contributed by atoms with Gasteiger partial charge in [0.05, 0.1) is 0 Å². The van der Waals surface area contributed by atoms with Crippen molar-refractivity contribution in [2.75, 3.05) is 13.2 Å². The number of carbonyl (C=O) groups excluding carboxylic acids is 1. The van der Waals surface area contributed by atoms with Gasteiger partial charge >= 0.3 is 6.03 Å². The van der Waals surface area contributed by atoms with Crippen LogP contribution in [0.5, 0.6) is 0 Å². The average molecular weight is 351 g/mol. The van der Waals surface area contributed by atoms with Gasteiger partial charge in [0, 0.05) is 30.8 Å². The number of hydrogen-bond acceptors (Lipinski definition) is 2. The molecule has 2 amide bonds. The molecule has 3 rings (SSSR count). The van der Waals surface area contributed by atoms with E-state index in [1.54, 1.807) is 0 Å². The standard InChI is InChI=1S/C19H27ClN2O2/c20-18-4-2-1-3-16(18)12-22(17-9-10-17)19(24)21-11-14-5-7-15(13-23)8-6-14/h1-4,14-15,17,23H,5-13H2,(H,21,24). The van der Waals surface area contributed by atoms with Crippen LogP contribution in [0.2, 0.25) is 5.02 Å². The molecule has 1 aromatic rings. The van der Waals surface area contributed by atoms with Crippen LogP contribution in [0.4, 0.5) is 4.79 Å². The van der Waals surface area contributed by atoms with Gasteiger partial charge in [-0.25, -0.2) is 4.79 Å². The fraction of sp³-hybridized carbons (Fsp3) is 0.632. The maximum absolute atomic E-state index is 12.6. The molecule has 1 aromatic carbocycles. The molecule has 0 aromatic heterocycles. The molecule has 4 nitrogen and oxygen atoms in total. The van der Waals surface area contributed by atoms with Gasteiger partial charge in [-0.05, 0) is 62.0 Å². The van der Waals surface area contributed by atoms with Gasteiger partial charge in [0.1, 0.15) is 0 Å². The Balaban J connectivity index is 1.51. The molecule has 2 fully saturated rings. The summed E-state index contributed by atoms with van der Waals surface area (Å²) in [5.41, 5.74) is 1.00. The summed E-state index contributed by atoms with van der Waals surface area (Å²) in [6.45, 7) is 1.61. The highest BCUT2D eigenvalue weighted by molar-refractivity contribution is 6.31. The lowest BCUT2D eigenvalue weighted by molar-refractivity contribution is 0.161. The van der Waals surface area contributed by atoms with Crippen molar-refractivity contribution >= 4 is 17.6 Å². The van der Waals surface area contributed by atoms with Crippen molar-refractivity contribution in [2.45, 2.75) is 51.1 Å². The summed E-state index contributed by atoms with van der Waals surface area (Å²) in [6.07, 6.45) is 6.50. The zero-order valence-corrected chi connectivity index (χ0v) is 14.8. The van der Waals surface area contributed by atoms with Crippen LogP contribution in [0.15, 0.2) is 24.3 Å². The summed E-state index contributed by atoms with van der Waals surface area (Å²) in [5, 5.41) is 13.1. The Morgan fingerprint density at radius 3 is 2.42 bits per heavy atom. The number of hydrogen-bond donors (Lipinski definition) is 2. The molecule has 24 heavy (non-hydrogen) atoms. The zero-order valence-electron chi connectivity index (χ0n) is 14.1. The minimum atomic E-state index is 0.0294. The lowest BCUT2D eigenvalue weighted by Gasteiger charge is -2.29. The van der Waals surface area contributed by atoms with Gasteiger partial charge in [0.25, 0.3) is 0 Å². The third kappa shape index (κ3) is 4.64. The van der Waals surface area contributed by atoms with E-state index in [1.165, 1.54) is 0 Å². The highest BCUT2D eigenvalue weighted by Crippen LogP contribution is 2.31. The van der Waals surface area contributed by atoms with Gasteiger partial charge in [-0.1, -0.05) is 29.8 Å². The third-order valence-electron chi connectivity index (χ3n) is 5.31. The number of carbonyl (C=O) groups is 1. The molecule has 0 saturated heterocycles. The molecule has 0 unspecified atom stereocenters. The number of urea groups is 1. The van der Waals surface area contributed by atoms with E-state index < -0.39 is 0 Å². The molecule has 0 heterocycles. The molecule has 2 aliphatic carbocycles. The summed E-state index contributed by atoms with van der Waals surface area (Å²) in [5.74, 6) is 0.998. The van der Waals surface area contributed by atoms with Crippen LogP contribution in [0.25, 0.3) is 0 Å². The van der Waals surface area contributed by atoms with E-state index in [4.69, 9.17) is 11.6 Å². The second-order valence-electron chi connectivity index (χ2n) is 7.21. The van der Waals surface area contributed by atoms with Crippen molar-refractivity contribution in [2.24, 2.45) is 11.8 Å². The first-order chi connectivity index (χ1) is 11.7. The number of nitrogens with zero attached hydrogens (tertiary/aromatic N) is 1. The lowest BCUT2D eigenvalue weighted by Crippen LogP contribution is -2.43. The van der Waals surface area contributed by atoms with Crippen molar-refractivity contribution < 1.29 is 9.90 Å². The number of nitrogens with one attached hydrogen (secondary N) is 1. The maximum atomic E-state index is 12.6.